The van der Waals surface area contributed by atoms with E-state index in [1.54, 1.807) is 35.1 Å². The van der Waals surface area contributed by atoms with Crippen molar-refractivity contribution in [1.82, 2.24) is 14.8 Å². The van der Waals surface area contributed by atoms with Gasteiger partial charge in [-0.15, -0.1) is 0 Å². The summed E-state index contributed by atoms with van der Waals surface area (Å²) in [4.78, 5) is 43.5. The second kappa shape index (κ2) is 9.05. The van der Waals surface area contributed by atoms with E-state index in [9.17, 15) is 14.4 Å². The number of rotatable bonds is 6. The van der Waals surface area contributed by atoms with Crippen LogP contribution in [0.5, 0.6) is 11.5 Å². The molecule has 0 unspecified atom stereocenters. The van der Waals surface area contributed by atoms with Gasteiger partial charge in [-0.1, -0.05) is 0 Å². The molecule has 1 aliphatic heterocycles. The molecule has 0 saturated carbocycles. The Balaban J connectivity index is 1.73. The van der Waals surface area contributed by atoms with Crippen molar-refractivity contribution in [3.05, 3.63) is 47.8 Å². The van der Waals surface area contributed by atoms with E-state index in [4.69, 9.17) is 9.47 Å². The molecule has 1 N–H and O–H groups in total. The predicted octanol–water partition coefficient (Wildman–Crippen LogP) is 1.27. The molecule has 1 aromatic carbocycles. The Morgan fingerprint density at radius 3 is 2.48 bits per heavy atom. The number of pyridine rings is 1. The molecule has 0 bridgehead atoms. The average molecular weight is 398 g/mol. The molecule has 29 heavy (non-hydrogen) atoms. The molecular formula is C20H22N4O5. The fraction of sp³-hybridized carbons (Fsp3) is 0.300. The molecule has 0 radical (unpaired) electrons. The van der Waals surface area contributed by atoms with Crippen LogP contribution < -0.4 is 14.8 Å². The number of carbonyl (C=O) groups excluding carboxylic acids is 3. The van der Waals surface area contributed by atoms with Gasteiger partial charge in [0.1, 0.15) is 17.2 Å². The average Bonchev–Trinajstić information content (AvgIpc) is 2.78. The lowest BCUT2D eigenvalue weighted by molar-refractivity contribution is -0.119. The van der Waals surface area contributed by atoms with Crippen LogP contribution in [0.25, 0.3) is 0 Å². The van der Waals surface area contributed by atoms with E-state index in [1.165, 1.54) is 25.4 Å². The van der Waals surface area contributed by atoms with E-state index in [0.29, 0.717) is 48.9 Å². The summed E-state index contributed by atoms with van der Waals surface area (Å²) in [5.74, 6) is 0.394. The number of ether oxygens (including phenoxy) is 2. The van der Waals surface area contributed by atoms with Gasteiger partial charge in [0.05, 0.1) is 19.9 Å². The molecule has 1 aliphatic rings. The number of hydrogen-bond donors (Lipinski definition) is 1. The molecule has 1 fully saturated rings. The summed E-state index contributed by atoms with van der Waals surface area (Å²) in [5, 5.41) is 2.77. The summed E-state index contributed by atoms with van der Waals surface area (Å²) in [7, 11) is 3.04. The van der Waals surface area contributed by atoms with Crippen molar-refractivity contribution in [2.45, 2.75) is 0 Å². The zero-order valence-corrected chi connectivity index (χ0v) is 16.3. The number of hydrogen-bond acceptors (Lipinski definition) is 6. The molecule has 3 amide bonds. The minimum absolute atomic E-state index is 0.180. The lowest BCUT2D eigenvalue weighted by Gasteiger charge is -2.32. The first-order chi connectivity index (χ1) is 14.0. The first-order valence-corrected chi connectivity index (χ1v) is 9.03. The third-order valence-electron chi connectivity index (χ3n) is 4.65. The molecule has 1 saturated heterocycles. The topological polar surface area (TPSA) is 101 Å². The van der Waals surface area contributed by atoms with E-state index in [-0.39, 0.29) is 11.6 Å². The van der Waals surface area contributed by atoms with Crippen LogP contribution in [0.4, 0.5) is 5.69 Å². The summed E-state index contributed by atoms with van der Waals surface area (Å²) in [6.45, 7) is 1.82. The van der Waals surface area contributed by atoms with Gasteiger partial charge in [-0.25, -0.2) is 0 Å². The second-order valence-electron chi connectivity index (χ2n) is 6.38. The highest BCUT2D eigenvalue weighted by Crippen LogP contribution is 2.29. The minimum atomic E-state index is -0.393. The quantitative estimate of drug-likeness (QED) is 0.736. The summed E-state index contributed by atoms with van der Waals surface area (Å²) in [6.07, 6.45) is 2.20. The van der Waals surface area contributed by atoms with E-state index >= 15 is 0 Å². The molecule has 2 heterocycles. The van der Waals surface area contributed by atoms with Crippen LogP contribution in [0.3, 0.4) is 0 Å². The van der Waals surface area contributed by atoms with Crippen molar-refractivity contribution >= 4 is 23.9 Å². The summed E-state index contributed by atoms with van der Waals surface area (Å²) >= 11 is 0. The van der Waals surface area contributed by atoms with E-state index in [2.05, 4.69) is 10.3 Å². The van der Waals surface area contributed by atoms with Gasteiger partial charge in [0.2, 0.25) is 6.41 Å². The summed E-state index contributed by atoms with van der Waals surface area (Å²) in [6, 6.07) is 8.04. The molecule has 9 heteroatoms. The van der Waals surface area contributed by atoms with Gasteiger partial charge in [0.15, 0.2) is 0 Å². The van der Waals surface area contributed by atoms with Gasteiger partial charge >= 0.3 is 0 Å². The minimum Gasteiger partial charge on any atom is -0.497 e. The Morgan fingerprint density at radius 2 is 1.83 bits per heavy atom. The lowest BCUT2D eigenvalue weighted by atomic mass is 10.2. The zero-order valence-electron chi connectivity index (χ0n) is 16.3. The number of nitrogens with zero attached hydrogens (tertiary/aromatic N) is 3. The van der Waals surface area contributed by atoms with E-state index < -0.39 is 5.91 Å². The standard InChI is InChI=1S/C20H22N4O5/c1-28-15-3-4-16(18(12-15)29-2)22-19(26)14-5-6-21-17(11-14)20(27)24-9-7-23(13-25)8-10-24/h3-6,11-13H,7-10H2,1-2H3,(H,22,26). The number of piperazine rings is 1. The van der Waals surface area contributed by atoms with Crippen LogP contribution in [-0.2, 0) is 4.79 Å². The maximum Gasteiger partial charge on any atom is 0.272 e. The molecule has 3 rings (SSSR count). The van der Waals surface area contributed by atoms with Crippen LogP contribution in [0.2, 0.25) is 0 Å². The van der Waals surface area contributed by atoms with Gasteiger partial charge in [-0.3, -0.25) is 19.4 Å². The second-order valence-corrected chi connectivity index (χ2v) is 6.38. The predicted molar refractivity (Wildman–Crippen MR) is 105 cm³/mol. The number of benzene rings is 1. The SMILES string of the molecule is COc1ccc(NC(=O)c2ccnc(C(=O)N3CCN(C=O)CC3)c2)c(OC)c1. The van der Waals surface area contributed by atoms with Crippen molar-refractivity contribution < 1.29 is 23.9 Å². The number of methoxy groups -OCH3 is 2. The number of anilines is 1. The molecule has 1 aromatic heterocycles. The molecule has 9 nitrogen and oxygen atoms in total. The van der Waals surface area contributed by atoms with Gasteiger partial charge < -0.3 is 24.6 Å². The Kier molecular flexibility index (Phi) is 6.28. The van der Waals surface area contributed by atoms with Gasteiger partial charge in [0.25, 0.3) is 11.8 Å². The van der Waals surface area contributed by atoms with Crippen LogP contribution in [0.1, 0.15) is 20.8 Å². The van der Waals surface area contributed by atoms with Gasteiger partial charge in [-0.2, -0.15) is 0 Å². The highest BCUT2D eigenvalue weighted by atomic mass is 16.5. The molecule has 2 aromatic rings. The zero-order chi connectivity index (χ0) is 20.8. The maximum absolute atomic E-state index is 12.7. The number of nitrogens with one attached hydrogen (secondary N) is 1. The Labute approximate surface area is 168 Å². The third kappa shape index (κ3) is 4.63. The van der Waals surface area contributed by atoms with Gasteiger partial charge in [0, 0.05) is 44.0 Å². The van der Waals surface area contributed by atoms with Crippen LogP contribution >= 0.6 is 0 Å². The number of aromatic nitrogens is 1. The lowest BCUT2D eigenvalue weighted by Crippen LogP contribution is -2.48. The van der Waals surface area contributed by atoms with E-state index in [1.807, 2.05) is 0 Å². The summed E-state index contributed by atoms with van der Waals surface area (Å²) in [5.41, 5.74) is 0.958. The molecule has 0 aliphatic carbocycles. The Morgan fingerprint density at radius 1 is 1.07 bits per heavy atom. The van der Waals surface area contributed by atoms with Crippen LogP contribution in [0.15, 0.2) is 36.5 Å². The fourth-order valence-electron chi connectivity index (χ4n) is 2.98. The number of amides is 3. The molecule has 0 spiro atoms. The Bertz CT molecular complexity index is 909. The molecular weight excluding hydrogens is 376 g/mol. The van der Waals surface area contributed by atoms with Crippen LogP contribution in [0, 0.1) is 0 Å². The van der Waals surface area contributed by atoms with Crippen molar-refractivity contribution in [1.29, 1.82) is 0 Å². The first-order valence-electron chi connectivity index (χ1n) is 9.03. The van der Waals surface area contributed by atoms with Crippen molar-refractivity contribution in [3.63, 3.8) is 0 Å². The van der Waals surface area contributed by atoms with E-state index in [0.717, 1.165) is 6.41 Å². The van der Waals surface area contributed by atoms with Crippen LogP contribution in [-0.4, -0.2) is 73.4 Å². The smallest absolute Gasteiger partial charge is 0.272 e. The molecule has 0 atom stereocenters. The maximum atomic E-state index is 12.7. The fourth-order valence-corrected chi connectivity index (χ4v) is 2.98. The molecule has 152 valence electrons. The monoisotopic (exact) mass is 398 g/mol. The normalized spacial score (nSPS) is 13.6. The van der Waals surface area contributed by atoms with Gasteiger partial charge in [-0.05, 0) is 24.3 Å². The highest BCUT2D eigenvalue weighted by Gasteiger charge is 2.23. The largest absolute Gasteiger partial charge is 0.497 e. The van der Waals surface area contributed by atoms with Crippen molar-refractivity contribution in [3.8, 4) is 11.5 Å². The Hall–Kier alpha value is -3.62. The third-order valence-corrected chi connectivity index (χ3v) is 4.65. The number of carbonyl (C=O) groups is 3. The highest BCUT2D eigenvalue weighted by molar-refractivity contribution is 6.06. The summed E-state index contributed by atoms with van der Waals surface area (Å²) < 4.78 is 10.4. The van der Waals surface area contributed by atoms with Crippen molar-refractivity contribution in [2.24, 2.45) is 0 Å². The first kappa shape index (κ1) is 20.1. The van der Waals surface area contributed by atoms with Crippen molar-refractivity contribution in [2.75, 3.05) is 45.7 Å².